The van der Waals surface area contributed by atoms with Crippen molar-refractivity contribution in [3.05, 3.63) is 47.2 Å². The zero-order chi connectivity index (χ0) is 9.97. The number of hydrogen-bond acceptors (Lipinski definition) is 2. The Balaban J connectivity index is 2.55. The fourth-order valence-corrected chi connectivity index (χ4v) is 1.69. The van der Waals surface area contributed by atoms with E-state index in [0.29, 0.717) is 0 Å². The molecule has 0 bridgehead atoms. The van der Waals surface area contributed by atoms with Gasteiger partial charge in [-0.1, -0.05) is 18.2 Å². The Hall–Kier alpha value is -1.35. The van der Waals surface area contributed by atoms with E-state index in [-0.39, 0.29) is 0 Å². The standard InChI is InChI=1S/C11H9BrN2/c12-11-7-8(5-6-14-11)9-3-1-2-4-10(9)13/h1-7H,13H2. The van der Waals surface area contributed by atoms with Crippen molar-refractivity contribution in [1.82, 2.24) is 4.98 Å². The fraction of sp³-hybridized carbons (Fsp3) is 0. The number of pyridine rings is 1. The summed E-state index contributed by atoms with van der Waals surface area (Å²) in [4.78, 5) is 4.07. The van der Waals surface area contributed by atoms with Gasteiger partial charge in [-0.15, -0.1) is 0 Å². The molecule has 0 aliphatic carbocycles. The van der Waals surface area contributed by atoms with Crippen LogP contribution in [0.4, 0.5) is 5.69 Å². The summed E-state index contributed by atoms with van der Waals surface area (Å²) in [6, 6.07) is 11.7. The highest BCUT2D eigenvalue weighted by molar-refractivity contribution is 9.10. The molecule has 1 aromatic carbocycles. The first-order chi connectivity index (χ1) is 6.77. The molecule has 0 atom stereocenters. The lowest BCUT2D eigenvalue weighted by molar-refractivity contribution is 1.28. The molecule has 14 heavy (non-hydrogen) atoms. The maximum absolute atomic E-state index is 5.87. The normalized spacial score (nSPS) is 10.1. The van der Waals surface area contributed by atoms with Gasteiger partial charge in [0, 0.05) is 17.4 Å². The van der Waals surface area contributed by atoms with E-state index in [0.717, 1.165) is 21.4 Å². The maximum Gasteiger partial charge on any atom is 0.106 e. The summed E-state index contributed by atoms with van der Waals surface area (Å²) in [5.41, 5.74) is 8.76. The van der Waals surface area contributed by atoms with E-state index in [1.165, 1.54) is 0 Å². The van der Waals surface area contributed by atoms with Crippen LogP contribution in [0.3, 0.4) is 0 Å². The predicted molar refractivity (Wildman–Crippen MR) is 61.8 cm³/mol. The zero-order valence-corrected chi connectivity index (χ0v) is 9.03. The minimum atomic E-state index is 0.783. The highest BCUT2D eigenvalue weighted by Gasteiger charge is 2.01. The van der Waals surface area contributed by atoms with Gasteiger partial charge in [0.2, 0.25) is 0 Å². The first-order valence-electron chi connectivity index (χ1n) is 4.24. The summed E-state index contributed by atoms with van der Waals surface area (Å²) in [6.07, 6.45) is 1.76. The number of nitrogens with two attached hydrogens (primary N) is 1. The van der Waals surface area contributed by atoms with Crippen LogP contribution in [-0.4, -0.2) is 4.98 Å². The summed E-state index contributed by atoms with van der Waals surface area (Å²) in [6.45, 7) is 0. The highest BCUT2D eigenvalue weighted by atomic mass is 79.9. The third-order valence-electron chi connectivity index (χ3n) is 2.00. The Morgan fingerprint density at radius 1 is 1.14 bits per heavy atom. The van der Waals surface area contributed by atoms with Crippen molar-refractivity contribution in [2.24, 2.45) is 0 Å². The van der Waals surface area contributed by atoms with Crippen LogP contribution in [0.15, 0.2) is 47.2 Å². The number of rotatable bonds is 1. The second-order valence-corrected chi connectivity index (χ2v) is 3.77. The summed E-state index contributed by atoms with van der Waals surface area (Å²) in [7, 11) is 0. The predicted octanol–water partition coefficient (Wildman–Crippen LogP) is 3.09. The van der Waals surface area contributed by atoms with E-state index < -0.39 is 0 Å². The Bertz CT molecular complexity index is 455. The second kappa shape index (κ2) is 3.80. The molecule has 0 saturated carbocycles. The topological polar surface area (TPSA) is 38.9 Å². The second-order valence-electron chi connectivity index (χ2n) is 2.95. The SMILES string of the molecule is Nc1ccccc1-c1ccnc(Br)c1. The van der Waals surface area contributed by atoms with Crippen molar-refractivity contribution in [3.63, 3.8) is 0 Å². The lowest BCUT2D eigenvalue weighted by atomic mass is 10.1. The van der Waals surface area contributed by atoms with Crippen LogP contribution < -0.4 is 5.73 Å². The van der Waals surface area contributed by atoms with Crippen LogP contribution in [-0.2, 0) is 0 Å². The molecule has 2 aromatic rings. The summed E-state index contributed by atoms with van der Waals surface area (Å²) < 4.78 is 0.818. The van der Waals surface area contributed by atoms with Crippen LogP contribution in [0.5, 0.6) is 0 Å². The third kappa shape index (κ3) is 1.77. The van der Waals surface area contributed by atoms with E-state index in [2.05, 4.69) is 20.9 Å². The molecule has 2 nitrogen and oxygen atoms in total. The first kappa shape index (κ1) is 9.21. The largest absolute Gasteiger partial charge is 0.398 e. The number of anilines is 1. The van der Waals surface area contributed by atoms with Crippen LogP contribution in [0.1, 0.15) is 0 Å². The van der Waals surface area contributed by atoms with E-state index >= 15 is 0 Å². The van der Waals surface area contributed by atoms with Gasteiger partial charge in [0.1, 0.15) is 4.60 Å². The Morgan fingerprint density at radius 2 is 1.93 bits per heavy atom. The lowest BCUT2D eigenvalue weighted by Gasteiger charge is -2.04. The van der Waals surface area contributed by atoms with Crippen LogP contribution in [0.2, 0.25) is 0 Å². The average Bonchev–Trinajstić information content (AvgIpc) is 2.18. The van der Waals surface area contributed by atoms with Gasteiger partial charge in [-0.2, -0.15) is 0 Å². The summed E-state index contributed by atoms with van der Waals surface area (Å²) >= 11 is 3.33. The molecule has 0 saturated heterocycles. The molecule has 1 heterocycles. The number of hydrogen-bond donors (Lipinski definition) is 1. The number of benzene rings is 1. The van der Waals surface area contributed by atoms with Crippen LogP contribution in [0.25, 0.3) is 11.1 Å². The summed E-state index contributed by atoms with van der Waals surface area (Å²) in [5.74, 6) is 0. The number of nitrogen functional groups attached to an aromatic ring is 1. The van der Waals surface area contributed by atoms with Crippen molar-refractivity contribution in [2.75, 3.05) is 5.73 Å². The molecule has 1 aromatic heterocycles. The van der Waals surface area contributed by atoms with Crippen molar-refractivity contribution < 1.29 is 0 Å². The Kier molecular flexibility index (Phi) is 2.50. The lowest BCUT2D eigenvalue weighted by Crippen LogP contribution is -1.89. The molecule has 0 aliphatic rings. The minimum absolute atomic E-state index is 0.783. The number of halogens is 1. The molecule has 0 spiro atoms. The zero-order valence-electron chi connectivity index (χ0n) is 7.44. The molecule has 0 amide bonds. The van der Waals surface area contributed by atoms with Crippen molar-refractivity contribution in [1.29, 1.82) is 0 Å². The molecule has 70 valence electrons. The molecule has 0 aliphatic heterocycles. The molecule has 0 fully saturated rings. The summed E-state index contributed by atoms with van der Waals surface area (Å²) in [5, 5.41) is 0. The smallest absolute Gasteiger partial charge is 0.106 e. The van der Waals surface area contributed by atoms with Crippen molar-refractivity contribution in [3.8, 4) is 11.1 Å². The van der Waals surface area contributed by atoms with E-state index in [1.807, 2.05) is 36.4 Å². The van der Waals surface area contributed by atoms with Gasteiger partial charge in [-0.3, -0.25) is 0 Å². The molecule has 2 N–H and O–H groups in total. The van der Waals surface area contributed by atoms with Crippen molar-refractivity contribution >= 4 is 21.6 Å². The van der Waals surface area contributed by atoms with Gasteiger partial charge in [-0.25, -0.2) is 4.98 Å². The number of aromatic nitrogens is 1. The van der Waals surface area contributed by atoms with E-state index in [9.17, 15) is 0 Å². The molecule has 3 heteroatoms. The monoisotopic (exact) mass is 248 g/mol. The van der Waals surface area contributed by atoms with Gasteiger partial charge < -0.3 is 5.73 Å². The van der Waals surface area contributed by atoms with E-state index in [1.54, 1.807) is 6.20 Å². The highest BCUT2D eigenvalue weighted by Crippen LogP contribution is 2.26. The van der Waals surface area contributed by atoms with Gasteiger partial charge in [0.05, 0.1) is 0 Å². The van der Waals surface area contributed by atoms with Gasteiger partial charge >= 0.3 is 0 Å². The van der Waals surface area contributed by atoms with Crippen LogP contribution in [0, 0.1) is 0 Å². The van der Waals surface area contributed by atoms with E-state index in [4.69, 9.17) is 5.73 Å². The first-order valence-corrected chi connectivity index (χ1v) is 5.03. The Morgan fingerprint density at radius 3 is 2.64 bits per heavy atom. The average molecular weight is 249 g/mol. The number of para-hydroxylation sites is 1. The fourth-order valence-electron chi connectivity index (χ4n) is 1.33. The van der Waals surface area contributed by atoms with Crippen LogP contribution >= 0.6 is 15.9 Å². The Labute approximate surface area is 90.9 Å². The molecule has 2 rings (SSSR count). The number of nitrogens with zero attached hydrogens (tertiary/aromatic N) is 1. The molecule has 0 radical (unpaired) electrons. The maximum atomic E-state index is 5.87. The van der Waals surface area contributed by atoms with Crippen molar-refractivity contribution in [2.45, 2.75) is 0 Å². The van der Waals surface area contributed by atoms with Gasteiger partial charge in [-0.05, 0) is 39.7 Å². The van der Waals surface area contributed by atoms with Gasteiger partial charge in [0.25, 0.3) is 0 Å². The molecular formula is C11H9BrN2. The minimum Gasteiger partial charge on any atom is -0.398 e. The van der Waals surface area contributed by atoms with Gasteiger partial charge in [0.15, 0.2) is 0 Å². The third-order valence-corrected chi connectivity index (χ3v) is 2.43. The quantitative estimate of drug-likeness (QED) is 0.623. The molecular weight excluding hydrogens is 240 g/mol. The molecule has 0 unspecified atom stereocenters.